The van der Waals surface area contributed by atoms with Gasteiger partial charge in [-0.05, 0) is 31.7 Å². The van der Waals surface area contributed by atoms with Crippen LogP contribution >= 0.6 is 0 Å². The fraction of sp³-hybridized carbons (Fsp3) is 1.00. The van der Waals surface area contributed by atoms with Crippen molar-refractivity contribution in [1.29, 1.82) is 0 Å². The first-order chi connectivity index (χ1) is 9.85. The minimum Gasteiger partial charge on any atom is -0.381 e. The van der Waals surface area contributed by atoms with Crippen LogP contribution in [0.2, 0.25) is 0 Å². The van der Waals surface area contributed by atoms with Crippen LogP contribution in [-0.2, 0) is 4.74 Å². The highest BCUT2D eigenvalue weighted by atomic mass is 16.5. The minimum atomic E-state index is 0.665. The van der Waals surface area contributed by atoms with Gasteiger partial charge in [0, 0.05) is 57.8 Å². The summed E-state index contributed by atoms with van der Waals surface area (Å²) < 4.78 is 5.71. The van der Waals surface area contributed by atoms with Crippen molar-refractivity contribution in [2.75, 3.05) is 59.0 Å². The molecule has 4 nitrogen and oxygen atoms in total. The Morgan fingerprint density at radius 2 is 1.70 bits per heavy atom. The van der Waals surface area contributed by atoms with Gasteiger partial charge in [-0.3, -0.25) is 0 Å². The van der Waals surface area contributed by atoms with E-state index in [4.69, 9.17) is 4.74 Å². The fourth-order valence-corrected chi connectivity index (χ4v) is 3.66. The van der Waals surface area contributed by atoms with Crippen molar-refractivity contribution < 1.29 is 4.74 Å². The molecule has 2 saturated heterocycles. The molecule has 2 heterocycles. The Hall–Kier alpha value is -0.160. The Bertz CT molecular complexity index is 285. The number of ether oxygens (including phenoxy) is 1. The molecule has 0 radical (unpaired) electrons. The maximum atomic E-state index is 5.71. The van der Waals surface area contributed by atoms with Gasteiger partial charge in [-0.15, -0.1) is 0 Å². The SMILES string of the molecule is CCNC1CCOCC1CN1CCN(CC2CC2)CC1. The van der Waals surface area contributed by atoms with Gasteiger partial charge in [0.25, 0.3) is 0 Å². The van der Waals surface area contributed by atoms with E-state index < -0.39 is 0 Å². The molecule has 0 spiro atoms. The Morgan fingerprint density at radius 1 is 1.00 bits per heavy atom. The van der Waals surface area contributed by atoms with E-state index >= 15 is 0 Å². The summed E-state index contributed by atoms with van der Waals surface area (Å²) in [5.41, 5.74) is 0. The third-order valence-electron chi connectivity index (χ3n) is 5.11. The molecule has 3 rings (SSSR count). The number of hydrogen-bond acceptors (Lipinski definition) is 4. The first kappa shape index (κ1) is 14.8. The topological polar surface area (TPSA) is 27.7 Å². The van der Waals surface area contributed by atoms with Gasteiger partial charge in [-0.25, -0.2) is 0 Å². The summed E-state index contributed by atoms with van der Waals surface area (Å²) in [4.78, 5) is 5.33. The molecule has 20 heavy (non-hydrogen) atoms. The molecule has 116 valence electrons. The molecule has 3 fully saturated rings. The zero-order chi connectivity index (χ0) is 13.8. The van der Waals surface area contributed by atoms with Crippen molar-refractivity contribution >= 4 is 0 Å². The van der Waals surface area contributed by atoms with E-state index in [9.17, 15) is 0 Å². The van der Waals surface area contributed by atoms with Gasteiger partial charge >= 0.3 is 0 Å². The Morgan fingerprint density at radius 3 is 2.35 bits per heavy atom. The summed E-state index contributed by atoms with van der Waals surface area (Å²) in [5, 5.41) is 3.65. The second kappa shape index (κ2) is 7.21. The maximum absolute atomic E-state index is 5.71. The maximum Gasteiger partial charge on any atom is 0.0521 e. The van der Waals surface area contributed by atoms with Crippen LogP contribution < -0.4 is 5.32 Å². The average molecular weight is 281 g/mol. The van der Waals surface area contributed by atoms with E-state index in [0.717, 1.165) is 25.7 Å². The lowest BCUT2D eigenvalue weighted by Gasteiger charge is -2.39. The Balaban J connectivity index is 1.40. The fourth-order valence-electron chi connectivity index (χ4n) is 3.66. The van der Waals surface area contributed by atoms with Crippen molar-refractivity contribution in [2.45, 2.75) is 32.2 Å². The van der Waals surface area contributed by atoms with Crippen LogP contribution in [0.4, 0.5) is 0 Å². The number of rotatable bonds is 6. The molecule has 2 aliphatic heterocycles. The third kappa shape index (κ3) is 4.17. The zero-order valence-electron chi connectivity index (χ0n) is 13.0. The van der Waals surface area contributed by atoms with Crippen LogP contribution in [-0.4, -0.2) is 74.9 Å². The van der Waals surface area contributed by atoms with Crippen LogP contribution in [0, 0.1) is 11.8 Å². The molecule has 1 aliphatic carbocycles. The van der Waals surface area contributed by atoms with Crippen LogP contribution in [0.1, 0.15) is 26.2 Å². The lowest BCUT2D eigenvalue weighted by molar-refractivity contribution is 0.00892. The van der Waals surface area contributed by atoms with E-state index in [1.807, 2.05) is 0 Å². The third-order valence-corrected chi connectivity index (χ3v) is 5.11. The van der Waals surface area contributed by atoms with Crippen molar-refractivity contribution in [3.8, 4) is 0 Å². The predicted molar refractivity (Wildman–Crippen MR) is 82.0 cm³/mol. The van der Waals surface area contributed by atoms with Gasteiger partial charge in [0.15, 0.2) is 0 Å². The molecule has 2 unspecified atom stereocenters. The van der Waals surface area contributed by atoms with Gasteiger partial charge in [0.05, 0.1) is 6.61 Å². The quantitative estimate of drug-likeness (QED) is 0.787. The van der Waals surface area contributed by atoms with Crippen LogP contribution in [0.5, 0.6) is 0 Å². The molecule has 0 bridgehead atoms. The molecular formula is C16H31N3O. The summed E-state index contributed by atoms with van der Waals surface area (Å²) in [7, 11) is 0. The molecule has 0 amide bonds. The second-order valence-electron chi connectivity index (χ2n) is 6.83. The van der Waals surface area contributed by atoms with Crippen molar-refractivity contribution in [3.63, 3.8) is 0 Å². The standard InChI is InChI=1S/C16H31N3O/c1-2-17-16-5-10-20-13-15(16)12-19-8-6-18(7-9-19)11-14-3-4-14/h14-17H,2-13H2,1H3. The Kier molecular flexibility index (Phi) is 5.32. The van der Waals surface area contributed by atoms with Crippen LogP contribution in [0.3, 0.4) is 0 Å². The monoisotopic (exact) mass is 281 g/mol. The lowest BCUT2D eigenvalue weighted by Crippen LogP contribution is -2.52. The predicted octanol–water partition coefficient (Wildman–Crippen LogP) is 1.03. The van der Waals surface area contributed by atoms with E-state index in [0.29, 0.717) is 12.0 Å². The van der Waals surface area contributed by atoms with Crippen LogP contribution in [0.15, 0.2) is 0 Å². The van der Waals surface area contributed by atoms with E-state index in [2.05, 4.69) is 22.0 Å². The molecule has 0 aromatic heterocycles. The largest absolute Gasteiger partial charge is 0.381 e. The molecule has 0 aromatic carbocycles. The van der Waals surface area contributed by atoms with Crippen LogP contribution in [0.25, 0.3) is 0 Å². The lowest BCUT2D eigenvalue weighted by atomic mass is 9.95. The highest BCUT2D eigenvalue weighted by Gasteiger charge is 2.30. The van der Waals surface area contributed by atoms with Gasteiger partial charge in [-0.1, -0.05) is 6.92 Å². The summed E-state index contributed by atoms with van der Waals surface area (Å²) in [6.45, 7) is 12.8. The molecule has 4 heteroatoms. The number of nitrogens with one attached hydrogen (secondary N) is 1. The van der Waals surface area contributed by atoms with Gasteiger partial charge in [-0.2, -0.15) is 0 Å². The van der Waals surface area contributed by atoms with Crippen molar-refractivity contribution in [2.24, 2.45) is 11.8 Å². The van der Waals surface area contributed by atoms with Crippen molar-refractivity contribution in [1.82, 2.24) is 15.1 Å². The average Bonchev–Trinajstić information content (AvgIpc) is 3.27. The van der Waals surface area contributed by atoms with Gasteiger partial charge < -0.3 is 19.9 Å². The smallest absolute Gasteiger partial charge is 0.0521 e. The molecule has 2 atom stereocenters. The molecule has 1 saturated carbocycles. The highest BCUT2D eigenvalue weighted by Crippen LogP contribution is 2.30. The summed E-state index contributed by atoms with van der Waals surface area (Å²) in [6.07, 6.45) is 4.13. The molecular weight excluding hydrogens is 250 g/mol. The summed E-state index contributed by atoms with van der Waals surface area (Å²) in [5.74, 6) is 1.71. The minimum absolute atomic E-state index is 0.665. The van der Waals surface area contributed by atoms with Gasteiger partial charge in [0.1, 0.15) is 0 Å². The number of nitrogens with zero attached hydrogens (tertiary/aromatic N) is 2. The zero-order valence-corrected chi connectivity index (χ0v) is 13.0. The Labute approximate surface area is 123 Å². The molecule has 3 aliphatic rings. The first-order valence-electron chi connectivity index (χ1n) is 8.61. The number of piperazine rings is 1. The van der Waals surface area contributed by atoms with E-state index in [1.54, 1.807) is 0 Å². The summed E-state index contributed by atoms with van der Waals surface area (Å²) in [6, 6.07) is 0.665. The number of hydrogen-bond donors (Lipinski definition) is 1. The second-order valence-corrected chi connectivity index (χ2v) is 6.83. The van der Waals surface area contributed by atoms with Gasteiger partial charge in [0.2, 0.25) is 0 Å². The molecule has 0 aromatic rings. The normalized spacial score (nSPS) is 33.5. The van der Waals surface area contributed by atoms with Crippen molar-refractivity contribution in [3.05, 3.63) is 0 Å². The first-order valence-corrected chi connectivity index (χ1v) is 8.61. The molecule has 1 N–H and O–H groups in total. The van der Waals surface area contributed by atoms with E-state index in [1.165, 1.54) is 58.5 Å². The highest BCUT2D eigenvalue weighted by molar-refractivity contribution is 4.85. The van der Waals surface area contributed by atoms with E-state index in [-0.39, 0.29) is 0 Å². The summed E-state index contributed by atoms with van der Waals surface area (Å²) >= 11 is 0.